The maximum atomic E-state index is 11.0. The third-order valence-corrected chi connectivity index (χ3v) is 3.81. The molecule has 0 heterocycles. The number of nitrogens with zero attached hydrogens (tertiary/aromatic N) is 1. The highest BCUT2D eigenvalue weighted by Gasteiger charge is 2.03. The number of aliphatic imine (C=N–C) groups is 1. The predicted molar refractivity (Wildman–Crippen MR) is 99.6 cm³/mol. The summed E-state index contributed by atoms with van der Waals surface area (Å²) in [5, 5.41) is 6.81. The summed E-state index contributed by atoms with van der Waals surface area (Å²) in [4.78, 5) is 4.03. The number of halogens is 2. The molecule has 0 aliphatic carbocycles. The van der Waals surface area contributed by atoms with Crippen LogP contribution in [0.15, 0.2) is 29.3 Å². The lowest BCUT2D eigenvalue weighted by Gasteiger charge is -2.11. The van der Waals surface area contributed by atoms with E-state index >= 15 is 0 Å². The molecule has 21 heavy (non-hydrogen) atoms. The summed E-state index contributed by atoms with van der Waals surface area (Å²) in [5.41, 5.74) is 1.17. The fourth-order valence-corrected chi connectivity index (χ4v) is 2.15. The third kappa shape index (κ3) is 9.92. The van der Waals surface area contributed by atoms with E-state index in [4.69, 9.17) is 11.6 Å². The van der Waals surface area contributed by atoms with Gasteiger partial charge in [-0.15, -0.1) is 24.0 Å². The van der Waals surface area contributed by atoms with E-state index in [1.807, 2.05) is 24.3 Å². The molecule has 5 nitrogen and oxygen atoms in total. The molecule has 0 aliphatic heterocycles. The maximum Gasteiger partial charge on any atom is 0.191 e. The Kier molecular flexibility index (Phi) is 9.97. The summed E-state index contributed by atoms with van der Waals surface area (Å²) < 4.78 is 22.0. The van der Waals surface area contributed by atoms with Gasteiger partial charge < -0.3 is 10.6 Å². The normalized spacial score (nSPS) is 11.7. The lowest BCUT2D eigenvalue weighted by atomic mass is 10.1. The highest BCUT2D eigenvalue weighted by atomic mass is 127. The van der Waals surface area contributed by atoms with Crippen LogP contribution in [0, 0.1) is 0 Å². The minimum absolute atomic E-state index is 0. The van der Waals surface area contributed by atoms with Crippen LogP contribution in [-0.4, -0.2) is 46.5 Å². The Balaban J connectivity index is 0.00000400. The Morgan fingerprint density at radius 3 is 2.29 bits per heavy atom. The smallest absolute Gasteiger partial charge is 0.191 e. The van der Waals surface area contributed by atoms with Crippen LogP contribution in [0.2, 0.25) is 5.02 Å². The molecule has 0 amide bonds. The van der Waals surface area contributed by atoms with Crippen molar-refractivity contribution in [1.29, 1.82) is 0 Å². The molecule has 0 fully saturated rings. The molecule has 0 saturated heterocycles. The van der Waals surface area contributed by atoms with Crippen LogP contribution >= 0.6 is 35.6 Å². The number of rotatable bonds is 6. The van der Waals surface area contributed by atoms with Gasteiger partial charge in [0, 0.05) is 31.4 Å². The standard InChI is InChI=1S/C13H20ClN3O2S.HI/c1-15-13(17-9-10-20(2,18)19)16-8-7-11-3-5-12(14)6-4-11;/h3-6H,7-10H2,1-2H3,(H2,15,16,17);1H. The van der Waals surface area contributed by atoms with Gasteiger partial charge in [-0.2, -0.15) is 0 Å². The van der Waals surface area contributed by atoms with Gasteiger partial charge in [0.05, 0.1) is 5.75 Å². The molecule has 2 N–H and O–H groups in total. The second kappa shape index (κ2) is 10.2. The number of hydrogen-bond donors (Lipinski definition) is 2. The van der Waals surface area contributed by atoms with Crippen molar-refractivity contribution in [2.75, 3.05) is 32.1 Å². The third-order valence-electron chi connectivity index (χ3n) is 2.61. The van der Waals surface area contributed by atoms with Gasteiger partial charge in [0.15, 0.2) is 5.96 Å². The second-order valence-electron chi connectivity index (χ2n) is 4.43. The molecule has 0 bridgehead atoms. The van der Waals surface area contributed by atoms with Crippen molar-refractivity contribution < 1.29 is 8.42 Å². The van der Waals surface area contributed by atoms with Gasteiger partial charge in [0.25, 0.3) is 0 Å². The number of hydrogen-bond acceptors (Lipinski definition) is 3. The Bertz CT molecular complexity index is 547. The number of guanidine groups is 1. The molecule has 0 spiro atoms. The molecule has 0 radical (unpaired) electrons. The van der Waals surface area contributed by atoms with E-state index in [0.29, 0.717) is 19.0 Å². The SMILES string of the molecule is CN=C(NCCc1ccc(Cl)cc1)NCCS(C)(=O)=O.I. The van der Waals surface area contributed by atoms with Crippen LogP contribution < -0.4 is 10.6 Å². The number of benzene rings is 1. The summed E-state index contributed by atoms with van der Waals surface area (Å²) in [6.45, 7) is 1.06. The van der Waals surface area contributed by atoms with E-state index in [0.717, 1.165) is 11.4 Å². The number of nitrogens with one attached hydrogen (secondary N) is 2. The van der Waals surface area contributed by atoms with E-state index in [1.54, 1.807) is 7.05 Å². The van der Waals surface area contributed by atoms with Gasteiger partial charge in [0.1, 0.15) is 9.84 Å². The average Bonchev–Trinajstić information content (AvgIpc) is 2.38. The Morgan fingerprint density at radius 1 is 1.19 bits per heavy atom. The molecule has 8 heteroatoms. The second-order valence-corrected chi connectivity index (χ2v) is 7.13. The topological polar surface area (TPSA) is 70.6 Å². The van der Waals surface area contributed by atoms with E-state index in [1.165, 1.54) is 11.8 Å². The minimum Gasteiger partial charge on any atom is -0.356 e. The predicted octanol–water partition coefficient (Wildman–Crippen LogP) is 1.71. The first kappa shape index (κ1) is 20.5. The first-order chi connectivity index (χ1) is 9.40. The monoisotopic (exact) mass is 445 g/mol. The van der Waals surface area contributed by atoms with Gasteiger partial charge in [-0.3, -0.25) is 4.99 Å². The molecule has 0 aliphatic rings. The lowest BCUT2D eigenvalue weighted by Crippen LogP contribution is -2.40. The first-order valence-corrected chi connectivity index (χ1v) is 8.71. The fourth-order valence-electron chi connectivity index (χ4n) is 1.55. The molecular weight excluding hydrogens is 425 g/mol. The van der Waals surface area contributed by atoms with Crippen molar-refractivity contribution in [3.63, 3.8) is 0 Å². The van der Waals surface area contributed by atoms with Crippen LogP contribution in [0.25, 0.3) is 0 Å². The van der Waals surface area contributed by atoms with E-state index in [9.17, 15) is 8.42 Å². The summed E-state index contributed by atoms with van der Waals surface area (Å²) in [5.74, 6) is 0.688. The molecule has 1 rings (SSSR count). The number of sulfone groups is 1. The summed E-state index contributed by atoms with van der Waals surface area (Å²) in [6, 6.07) is 7.67. The maximum absolute atomic E-state index is 11.0. The molecule has 0 saturated carbocycles. The van der Waals surface area contributed by atoms with E-state index in [2.05, 4.69) is 15.6 Å². The van der Waals surface area contributed by atoms with E-state index in [-0.39, 0.29) is 29.7 Å². The molecule has 1 aromatic carbocycles. The summed E-state index contributed by atoms with van der Waals surface area (Å²) in [6.07, 6.45) is 2.05. The van der Waals surface area contributed by atoms with Crippen molar-refractivity contribution in [3.8, 4) is 0 Å². The van der Waals surface area contributed by atoms with Crippen molar-refractivity contribution in [3.05, 3.63) is 34.9 Å². The quantitative estimate of drug-likeness (QED) is 0.397. The molecule has 1 aromatic rings. The molecular formula is C13H21ClIN3O2S. The minimum atomic E-state index is -2.95. The van der Waals surface area contributed by atoms with E-state index < -0.39 is 9.84 Å². The highest BCUT2D eigenvalue weighted by Crippen LogP contribution is 2.09. The van der Waals surface area contributed by atoms with Crippen molar-refractivity contribution in [2.45, 2.75) is 6.42 Å². The van der Waals surface area contributed by atoms with Crippen LogP contribution in [0.1, 0.15) is 5.56 Å². The van der Waals surface area contributed by atoms with Gasteiger partial charge >= 0.3 is 0 Å². The molecule has 0 atom stereocenters. The van der Waals surface area contributed by atoms with Crippen LogP contribution in [-0.2, 0) is 16.3 Å². The summed E-state index contributed by atoms with van der Waals surface area (Å²) >= 11 is 5.82. The zero-order chi connectivity index (χ0) is 15.0. The molecule has 0 aromatic heterocycles. The van der Waals surface area contributed by atoms with Crippen LogP contribution in [0.5, 0.6) is 0 Å². The average molecular weight is 446 g/mol. The lowest BCUT2D eigenvalue weighted by molar-refractivity contribution is 0.600. The Hall–Kier alpha value is -0.540. The zero-order valence-electron chi connectivity index (χ0n) is 12.1. The van der Waals surface area contributed by atoms with Crippen LogP contribution in [0.4, 0.5) is 0 Å². The van der Waals surface area contributed by atoms with Gasteiger partial charge in [0.2, 0.25) is 0 Å². The van der Waals surface area contributed by atoms with Crippen molar-refractivity contribution in [2.24, 2.45) is 4.99 Å². The highest BCUT2D eigenvalue weighted by molar-refractivity contribution is 14.0. The van der Waals surface area contributed by atoms with Gasteiger partial charge in [-0.05, 0) is 24.1 Å². The molecule has 120 valence electrons. The van der Waals surface area contributed by atoms with Crippen molar-refractivity contribution >= 4 is 51.4 Å². The molecule has 0 unspecified atom stereocenters. The Labute approximate surface area is 148 Å². The largest absolute Gasteiger partial charge is 0.356 e. The zero-order valence-corrected chi connectivity index (χ0v) is 16.0. The fraction of sp³-hybridized carbons (Fsp3) is 0.462. The Morgan fingerprint density at radius 2 is 1.76 bits per heavy atom. The summed E-state index contributed by atoms with van der Waals surface area (Å²) in [7, 11) is -1.30. The van der Waals surface area contributed by atoms with Crippen molar-refractivity contribution in [1.82, 2.24) is 10.6 Å². The van der Waals surface area contributed by atoms with Gasteiger partial charge in [-0.1, -0.05) is 23.7 Å². The first-order valence-electron chi connectivity index (χ1n) is 6.27. The van der Waals surface area contributed by atoms with Crippen LogP contribution in [0.3, 0.4) is 0 Å². The van der Waals surface area contributed by atoms with Gasteiger partial charge in [-0.25, -0.2) is 8.42 Å².